The maximum atomic E-state index is 11.1. The van der Waals surface area contributed by atoms with Crippen LogP contribution in [0.5, 0.6) is 5.75 Å². The van der Waals surface area contributed by atoms with Gasteiger partial charge in [0.1, 0.15) is 23.5 Å². The molecule has 0 amide bonds. The van der Waals surface area contributed by atoms with Crippen LogP contribution >= 0.6 is 0 Å². The number of fused-ring (bicyclic) bond motifs is 1. The maximum absolute atomic E-state index is 11.1. The summed E-state index contributed by atoms with van der Waals surface area (Å²) in [6.07, 6.45) is 2.19. The summed E-state index contributed by atoms with van der Waals surface area (Å²) in [4.78, 5) is 9.22. The van der Waals surface area contributed by atoms with Crippen LogP contribution in [0.25, 0.3) is 0 Å². The van der Waals surface area contributed by atoms with Gasteiger partial charge in [0.05, 0.1) is 5.69 Å². The van der Waals surface area contributed by atoms with Crippen molar-refractivity contribution in [3.8, 4) is 5.75 Å². The van der Waals surface area contributed by atoms with Crippen LogP contribution in [0.1, 0.15) is 29.7 Å². The lowest BCUT2D eigenvalue weighted by Crippen LogP contribution is -2.39. The first-order valence-corrected chi connectivity index (χ1v) is 10.6. The van der Waals surface area contributed by atoms with E-state index in [4.69, 9.17) is 14.3 Å². The molecular formula is C20H25N3O3S. The van der Waals surface area contributed by atoms with E-state index in [1.54, 1.807) is 0 Å². The number of anilines is 1. The number of para-hydroxylation sites is 1. The zero-order valence-electron chi connectivity index (χ0n) is 15.5. The number of benzene rings is 1. The Hall–Kier alpha value is -1.96. The molecule has 1 aromatic carbocycles. The first-order valence-electron chi connectivity index (χ1n) is 9.34. The monoisotopic (exact) mass is 387 g/mol. The molecule has 6 nitrogen and oxygen atoms in total. The third-order valence-corrected chi connectivity index (χ3v) is 5.79. The van der Waals surface area contributed by atoms with Gasteiger partial charge in [-0.05, 0) is 36.2 Å². The van der Waals surface area contributed by atoms with Crippen molar-refractivity contribution in [3.63, 3.8) is 0 Å². The molecule has 2 aromatic rings. The van der Waals surface area contributed by atoms with Crippen LogP contribution in [0, 0.1) is 6.92 Å². The van der Waals surface area contributed by atoms with Crippen molar-refractivity contribution in [1.82, 2.24) is 9.88 Å². The van der Waals surface area contributed by atoms with Gasteiger partial charge in [0.15, 0.2) is 11.1 Å². The largest absolute Gasteiger partial charge is 0.490 e. The van der Waals surface area contributed by atoms with Crippen LogP contribution in [-0.4, -0.2) is 43.7 Å². The Balaban J connectivity index is 1.40. The zero-order valence-corrected chi connectivity index (χ0v) is 16.3. The highest BCUT2D eigenvalue weighted by molar-refractivity contribution is 7.79. The quantitative estimate of drug-likeness (QED) is 0.796. The van der Waals surface area contributed by atoms with Gasteiger partial charge in [-0.15, -0.1) is 0 Å². The molecule has 1 unspecified atom stereocenters. The summed E-state index contributed by atoms with van der Waals surface area (Å²) in [5.74, 6) is 2.15. The van der Waals surface area contributed by atoms with Crippen LogP contribution in [0.3, 0.4) is 0 Å². The molecule has 2 aliphatic heterocycles. The lowest BCUT2D eigenvalue weighted by Gasteiger charge is -2.34. The number of piperidine rings is 1. The minimum absolute atomic E-state index is 0.174. The molecule has 7 heteroatoms. The fourth-order valence-electron chi connectivity index (χ4n) is 3.92. The molecule has 1 fully saturated rings. The number of aromatic nitrogens is 1. The van der Waals surface area contributed by atoms with Gasteiger partial charge in [-0.1, -0.05) is 18.2 Å². The van der Waals surface area contributed by atoms with Crippen molar-refractivity contribution < 1.29 is 13.5 Å². The number of hydrogen-bond acceptors (Lipinski definition) is 5. The molecule has 0 radical (unpaired) electrons. The normalized spacial score (nSPS) is 19.1. The summed E-state index contributed by atoms with van der Waals surface area (Å²) in [5, 5.41) is 0. The van der Waals surface area contributed by atoms with E-state index in [9.17, 15) is 4.21 Å². The van der Waals surface area contributed by atoms with Gasteiger partial charge < -0.3 is 14.2 Å². The topological polar surface area (TPSA) is 65.9 Å². The highest BCUT2D eigenvalue weighted by atomic mass is 32.2. The summed E-state index contributed by atoms with van der Waals surface area (Å²) in [6.45, 7) is 5.29. The number of pyridine rings is 1. The second kappa shape index (κ2) is 7.96. The first-order chi connectivity index (χ1) is 13.1. The highest BCUT2D eigenvalue weighted by Crippen LogP contribution is 2.29. The summed E-state index contributed by atoms with van der Waals surface area (Å²) in [6, 6.07) is 12.2. The van der Waals surface area contributed by atoms with Crippen LogP contribution in [0.2, 0.25) is 0 Å². The molecule has 0 aliphatic carbocycles. The van der Waals surface area contributed by atoms with E-state index >= 15 is 0 Å². The summed E-state index contributed by atoms with van der Waals surface area (Å²) in [7, 11) is 0. The second-order valence-electron chi connectivity index (χ2n) is 7.29. The SMILES string of the molecule is Cc1cc2c(nc1N1CCC(Oc3ccccc3)CC1)CN(CS(=O)O)C2. The Morgan fingerprint density at radius 1 is 1.22 bits per heavy atom. The predicted molar refractivity (Wildman–Crippen MR) is 106 cm³/mol. The number of aryl methyl sites for hydroxylation is 1. The zero-order chi connectivity index (χ0) is 18.8. The summed E-state index contributed by atoms with van der Waals surface area (Å²) in [5.41, 5.74) is 3.37. The van der Waals surface area contributed by atoms with E-state index in [2.05, 4.69) is 17.9 Å². The summed E-state index contributed by atoms with van der Waals surface area (Å²) >= 11 is -1.81. The Kier molecular flexibility index (Phi) is 5.43. The minimum Gasteiger partial charge on any atom is -0.490 e. The smallest absolute Gasteiger partial charge is 0.167 e. The van der Waals surface area contributed by atoms with Gasteiger partial charge in [-0.25, -0.2) is 9.19 Å². The molecular weight excluding hydrogens is 362 g/mol. The first kappa shape index (κ1) is 18.4. The van der Waals surface area contributed by atoms with Gasteiger partial charge in [-0.3, -0.25) is 4.90 Å². The van der Waals surface area contributed by atoms with Gasteiger partial charge in [0.2, 0.25) is 0 Å². The Bertz CT molecular complexity index is 823. The number of hydrogen-bond donors (Lipinski definition) is 1. The fourth-order valence-corrected chi connectivity index (χ4v) is 4.42. The lowest BCUT2D eigenvalue weighted by atomic mass is 10.1. The van der Waals surface area contributed by atoms with Gasteiger partial charge in [0.25, 0.3) is 0 Å². The van der Waals surface area contributed by atoms with Crippen LogP contribution in [0.4, 0.5) is 5.82 Å². The molecule has 4 rings (SSSR count). The lowest BCUT2D eigenvalue weighted by molar-refractivity contribution is 0.170. The third-order valence-electron chi connectivity index (χ3n) is 5.20. The fraction of sp³-hybridized carbons (Fsp3) is 0.450. The second-order valence-corrected chi connectivity index (χ2v) is 8.19. The van der Waals surface area contributed by atoms with Crippen molar-refractivity contribution in [3.05, 3.63) is 53.2 Å². The Morgan fingerprint density at radius 2 is 1.96 bits per heavy atom. The molecule has 1 aromatic heterocycles. The molecule has 144 valence electrons. The molecule has 1 saturated heterocycles. The maximum Gasteiger partial charge on any atom is 0.167 e. The van der Waals surface area contributed by atoms with Gasteiger partial charge in [0, 0.05) is 39.0 Å². The molecule has 1 atom stereocenters. The summed E-state index contributed by atoms with van der Waals surface area (Å²) < 4.78 is 26.3. The Labute approximate surface area is 162 Å². The van der Waals surface area contributed by atoms with Crippen molar-refractivity contribution in [2.24, 2.45) is 0 Å². The van der Waals surface area contributed by atoms with E-state index in [1.165, 1.54) is 11.1 Å². The molecule has 0 bridgehead atoms. The van der Waals surface area contributed by atoms with E-state index < -0.39 is 11.1 Å². The van der Waals surface area contributed by atoms with E-state index in [0.717, 1.165) is 43.2 Å². The van der Waals surface area contributed by atoms with E-state index in [-0.39, 0.29) is 12.0 Å². The number of ether oxygens (including phenoxy) is 1. The van der Waals surface area contributed by atoms with Crippen LogP contribution in [0.15, 0.2) is 36.4 Å². The third kappa shape index (κ3) is 4.31. The highest BCUT2D eigenvalue weighted by Gasteiger charge is 2.26. The number of rotatable bonds is 5. The van der Waals surface area contributed by atoms with E-state index in [0.29, 0.717) is 13.1 Å². The van der Waals surface area contributed by atoms with Crippen LogP contribution < -0.4 is 9.64 Å². The van der Waals surface area contributed by atoms with Gasteiger partial charge >= 0.3 is 0 Å². The van der Waals surface area contributed by atoms with Gasteiger partial charge in [-0.2, -0.15) is 0 Å². The molecule has 3 heterocycles. The van der Waals surface area contributed by atoms with Crippen molar-refractivity contribution in [2.45, 2.75) is 39.0 Å². The number of nitrogens with zero attached hydrogens (tertiary/aromatic N) is 3. The average Bonchev–Trinajstić information content (AvgIpc) is 3.03. The van der Waals surface area contributed by atoms with Crippen LogP contribution in [-0.2, 0) is 24.2 Å². The van der Waals surface area contributed by atoms with Crippen molar-refractivity contribution >= 4 is 16.9 Å². The van der Waals surface area contributed by atoms with E-state index in [1.807, 2.05) is 35.2 Å². The average molecular weight is 388 g/mol. The van der Waals surface area contributed by atoms with Crippen molar-refractivity contribution in [1.29, 1.82) is 0 Å². The van der Waals surface area contributed by atoms with Crippen molar-refractivity contribution in [2.75, 3.05) is 23.9 Å². The Morgan fingerprint density at radius 3 is 2.67 bits per heavy atom. The molecule has 0 saturated carbocycles. The molecule has 0 spiro atoms. The molecule has 1 N–H and O–H groups in total. The minimum atomic E-state index is -1.81. The molecule has 2 aliphatic rings. The predicted octanol–water partition coefficient (Wildman–Crippen LogP) is 2.93. The molecule has 27 heavy (non-hydrogen) atoms. The standard InChI is InChI=1S/C20H25N3O3S/c1-15-11-16-12-22(14-27(24)25)13-19(16)21-20(15)23-9-7-18(8-10-23)26-17-5-3-2-4-6-17/h2-6,11,18H,7-10,12-14H2,1H3,(H,24,25).